The highest BCUT2D eigenvalue weighted by Gasteiger charge is 2.30. The fraction of sp³-hybridized carbons (Fsp3) is 0.647. The molecule has 1 aliphatic carbocycles. The molecule has 0 saturated heterocycles. The van der Waals surface area contributed by atoms with Crippen LogP contribution >= 0.6 is 0 Å². The fourth-order valence-electron chi connectivity index (χ4n) is 2.56. The molecule has 1 aromatic rings. The van der Waals surface area contributed by atoms with Gasteiger partial charge < -0.3 is 15.6 Å². The molecule has 0 aromatic heterocycles. The molecule has 0 radical (unpaired) electrons. The van der Waals surface area contributed by atoms with E-state index < -0.39 is 6.10 Å². The number of nitrogens with zero attached hydrogens (tertiary/aromatic N) is 1. The molecular weight excluding hydrogens is 264 g/mol. The van der Waals surface area contributed by atoms with Crippen LogP contribution in [0.15, 0.2) is 24.3 Å². The highest BCUT2D eigenvalue weighted by Crippen LogP contribution is 2.27. The molecule has 1 unspecified atom stereocenters. The summed E-state index contributed by atoms with van der Waals surface area (Å²) in [6, 6.07) is 8.40. The number of hydrogen-bond donors (Lipinski definition) is 2. The van der Waals surface area contributed by atoms with Crippen LogP contribution in [0.2, 0.25) is 0 Å². The van der Waals surface area contributed by atoms with Gasteiger partial charge in [-0.3, -0.25) is 4.90 Å². The van der Waals surface area contributed by atoms with Crippen molar-refractivity contribution in [3.05, 3.63) is 29.8 Å². The topological polar surface area (TPSA) is 58.7 Å². The van der Waals surface area contributed by atoms with Crippen LogP contribution in [0.1, 0.15) is 32.3 Å². The Morgan fingerprint density at radius 2 is 2.10 bits per heavy atom. The summed E-state index contributed by atoms with van der Waals surface area (Å²) in [4.78, 5) is 2.40. The zero-order chi connectivity index (χ0) is 15.2. The molecule has 118 valence electrons. The van der Waals surface area contributed by atoms with Gasteiger partial charge in [-0.2, -0.15) is 0 Å². The average molecular weight is 292 g/mol. The number of benzene rings is 1. The summed E-state index contributed by atoms with van der Waals surface area (Å²) in [5.41, 5.74) is 6.66. The van der Waals surface area contributed by atoms with Crippen LogP contribution in [0.4, 0.5) is 0 Å². The van der Waals surface area contributed by atoms with E-state index in [9.17, 15) is 5.11 Å². The van der Waals surface area contributed by atoms with E-state index in [1.54, 1.807) is 0 Å². The first-order valence-corrected chi connectivity index (χ1v) is 7.92. The number of ether oxygens (including phenoxy) is 1. The highest BCUT2D eigenvalue weighted by atomic mass is 16.5. The van der Waals surface area contributed by atoms with Crippen molar-refractivity contribution < 1.29 is 9.84 Å². The molecule has 2 rings (SSSR count). The van der Waals surface area contributed by atoms with Crippen molar-refractivity contribution in [1.29, 1.82) is 0 Å². The Bertz CT molecular complexity index is 433. The Hall–Kier alpha value is -1.10. The van der Waals surface area contributed by atoms with Crippen LogP contribution < -0.4 is 10.5 Å². The van der Waals surface area contributed by atoms with Gasteiger partial charge in [0.1, 0.15) is 18.5 Å². The lowest BCUT2D eigenvalue weighted by Crippen LogP contribution is -2.39. The number of rotatable bonds is 9. The van der Waals surface area contributed by atoms with Crippen LogP contribution in [0.25, 0.3) is 0 Å². The molecule has 1 aliphatic rings. The van der Waals surface area contributed by atoms with Gasteiger partial charge in [0.25, 0.3) is 0 Å². The summed E-state index contributed by atoms with van der Waals surface area (Å²) in [5, 5.41) is 10.2. The monoisotopic (exact) mass is 292 g/mol. The molecule has 1 atom stereocenters. The summed E-state index contributed by atoms with van der Waals surface area (Å²) in [7, 11) is 0. The standard InChI is InChI=1S/C17H28N2O2/c1-13(2)10-19(15-6-7-15)11-16(20)12-21-17-5-3-4-14(8-17)9-18/h3-5,8,13,15-16,20H,6-7,9-12,18H2,1-2H3. The van der Waals surface area contributed by atoms with Crippen molar-refractivity contribution in [2.45, 2.75) is 45.4 Å². The van der Waals surface area contributed by atoms with Crippen LogP contribution in [-0.2, 0) is 6.54 Å². The summed E-state index contributed by atoms with van der Waals surface area (Å²) in [5.74, 6) is 1.40. The molecule has 21 heavy (non-hydrogen) atoms. The summed E-state index contributed by atoms with van der Waals surface area (Å²) < 4.78 is 5.68. The van der Waals surface area contributed by atoms with E-state index in [0.717, 1.165) is 17.9 Å². The fourth-order valence-corrected chi connectivity index (χ4v) is 2.56. The molecule has 0 aliphatic heterocycles. The van der Waals surface area contributed by atoms with Gasteiger partial charge in [-0.15, -0.1) is 0 Å². The lowest BCUT2D eigenvalue weighted by molar-refractivity contribution is 0.0612. The molecule has 4 nitrogen and oxygen atoms in total. The zero-order valence-corrected chi connectivity index (χ0v) is 13.2. The average Bonchev–Trinajstić information content (AvgIpc) is 3.29. The molecule has 3 N–H and O–H groups in total. The van der Waals surface area contributed by atoms with Crippen LogP contribution in [0, 0.1) is 5.92 Å². The Labute approximate surface area is 127 Å². The molecule has 0 spiro atoms. The summed E-state index contributed by atoms with van der Waals surface area (Å²) in [6.07, 6.45) is 2.07. The van der Waals surface area contributed by atoms with Gasteiger partial charge in [0.15, 0.2) is 0 Å². The molecular formula is C17H28N2O2. The molecule has 0 bridgehead atoms. The molecule has 1 saturated carbocycles. The Morgan fingerprint density at radius 3 is 2.71 bits per heavy atom. The Balaban J connectivity index is 1.78. The minimum absolute atomic E-state index is 0.329. The SMILES string of the molecule is CC(C)CN(CC(O)COc1cccc(CN)c1)C1CC1. The van der Waals surface area contributed by atoms with Crippen LogP contribution in [0.5, 0.6) is 5.75 Å². The number of aliphatic hydroxyl groups excluding tert-OH is 1. The maximum absolute atomic E-state index is 10.2. The van der Waals surface area contributed by atoms with E-state index in [1.165, 1.54) is 12.8 Å². The highest BCUT2D eigenvalue weighted by molar-refractivity contribution is 5.28. The molecule has 1 fully saturated rings. The molecule has 1 aromatic carbocycles. The van der Waals surface area contributed by atoms with Gasteiger partial charge in [-0.25, -0.2) is 0 Å². The molecule has 0 amide bonds. The Kier molecular flexibility index (Phi) is 6.03. The van der Waals surface area contributed by atoms with E-state index in [4.69, 9.17) is 10.5 Å². The normalized spacial score (nSPS) is 16.5. The second kappa shape index (κ2) is 7.78. The first-order chi connectivity index (χ1) is 10.1. The first-order valence-electron chi connectivity index (χ1n) is 7.92. The van der Waals surface area contributed by atoms with Crippen molar-refractivity contribution in [2.24, 2.45) is 11.7 Å². The van der Waals surface area contributed by atoms with Gasteiger partial charge in [0.05, 0.1) is 0 Å². The molecule has 0 heterocycles. The number of hydrogen-bond acceptors (Lipinski definition) is 4. The zero-order valence-electron chi connectivity index (χ0n) is 13.2. The summed E-state index contributed by atoms with van der Waals surface area (Å²) in [6.45, 7) is 7.01. The summed E-state index contributed by atoms with van der Waals surface area (Å²) >= 11 is 0. The minimum Gasteiger partial charge on any atom is -0.491 e. The lowest BCUT2D eigenvalue weighted by atomic mass is 10.2. The van der Waals surface area contributed by atoms with Crippen molar-refractivity contribution >= 4 is 0 Å². The van der Waals surface area contributed by atoms with Crippen LogP contribution in [0.3, 0.4) is 0 Å². The van der Waals surface area contributed by atoms with E-state index >= 15 is 0 Å². The quantitative estimate of drug-likeness (QED) is 0.731. The van der Waals surface area contributed by atoms with E-state index in [1.807, 2.05) is 24.3 Å². The van der Waals surface area contributed by atoms with Gasteiger partial charge in [0, 0.05) is 25.7 Å². The third-order valence-electron chi connectivity index (χ3n) is 3.68. The van der Waals surface area contributed by atoms with E-state index in [-0.39, 0.29) is 0 Å². The van der Waals surface area contributed by atoms with Gasteiger partial charge >= 0.3 is 0 Å². The maximum atomic E-state index is 10.2. The minimum atomic E-state index is -0.453. The first kappa shape index (κ1) is 16.3. The lowest BCUT2D eigenvalue weighted by Gasteiger charge is -2.26. The van der Waals surface area contributed by atoms with Gasteiger partial charge in [-0.05, 0) is 36.5 Å². The predicted octanol–water partition coefficient (Wildman–Crippen LogP) is 2.01. The smallest absolute Gasteiger partial charge is 0.119 e. The van der Waals surface area contributed by atoms with Crippen molar-refractivity contribution in [3.63, 3.8) is 0 Å². The third-order valence-corrected chi connectivity index (χ3v) is 3.68. The predicted molar refractivity (Wildman–Crippen MR) is 85.3 cm³/mol. The third kappa shape index (κ3) is 5.65. The van der Waals surface area contributed by atoms with Gasteiger partial charge in [-0.1, -0.05) is 26.0 Å². The van der Waals surface area contributed by atoms with Crippen LogP contribution in [-0.4, -0.2) is 41.8 Å². The number of nitrogens with two attached hydrogens (primary N) is 1. The van der Waals surface area contributed by atoms with Crippen molar-refractivity contribution in [3.8, 4) is 5.75 Å². The second-order valence-electron chi connectivity index (χ2n) is 6.40. The Morgan fingerprint density at radius 1 is 1.33 bits per heavy atom. The van der Waals surface area contributed by atoms with Gasteiger partial charge in [0.2, 0.25) is 0 Å². The second-order valence-corrected chi connectivity index (χ2v) is 6.40. The van der Waals surface area contributed by atoms with Crippen molar-refractivity contribution in [2.75, 3.05) is 19.7 Å². The van der Waals surface area contributed by atoms with Crippen molar-refractivity contribution in [1.82, 2.24) is 4.90 Å². The van der Waals surface area contributed by atoms with E-state index in [0.29, 0.717) is 31.7 Å². The maximum Gasteiger partial charge on any atom is 0.119 e. The van der Waals surface area contributed by atoms with E-state index in [2.05, 4.69) is 18.7 Å². The molecule has 4 heteroatoms. The largest absolute Gasteiger partial charge is 0.491 e. The number of aliphatic hydroxyl groups is 1.